The second kappa shape index (κ2) is 7.19. The van der Waals surface area contributed by atoms with Crippen LogP contribution in [0.5, 0.6) is 0 Å². The fourth-order valence-electron chi connectivity index (χ4n) is 2.30. The first kappa shape index (κ1) is 13.9. The molecule has 0 saturated carbocycles. The molecule has 0 unspecified atom stereocenters. The van der Waals surface area contributed by atoms with Crippen LogP contribution in [0.25, 0.3) is 10.9 Å². The summed E-state index contributed by atoms with van der Waals surface area (Å²) in [7, 11) is 0. The first-order chi connectivity index (χ1) is 9.31. The van der Waals surface area contributed by atoms with Crippen molar-refractivity contribution >= 4 is 28.7 Å². The Bertz CT molecular complexity index is 548. The Kier molecular flexibility index (Phi) is 5.28. The molecule has 0 fully saturated rings. The molecule has 3 nitrogen and oxygen atoms in total. The summed E-state index contributed by atoms with van der Waals surface area (Å²) in [6.45, 7) is 1.04. The fourth-order valence-corrected chi connectivity index (χ4v) is 2.48. The molecular formula is C15H19ClN2O. The largest absolute Gasteiger partial charge is 0.411 e. The molecular weight excluding hydrogens is 260 g/mol. The van der Waals surface area contributed by atoms with Crippen LogP contribution < -0.4 is 0 Å². The van der Waals surface area contributed by atoms with Crippen molar-refractivity contribution in [3.63, 3.8) is 0 Å². The van der Waals surface area contributed by atoms with Crippen LogP contribution in [-0.2, 0) is 6.54 Å². The van der Waals surface area contributed by atoms with Crippen LogP contribution in [0.4, 0.5) is 0 Å². The predicted molar refractivity (Wildman–Crippen MR) is 80.3 cm³/mol. The molecule has 1 aromatic carbocycles. The van der Waals surface area contributed by atoms with Gasteiger partial charge in [-0.2, -0.15) is 0 Å². The lowest BCUT2D eigenvalue weighted by molar-refractivity contribution is 0.320. The van der Waals surface area contributed by atoms with Gasteiger partial charge in [0.05, 0.1) is 0 Å². The second-order valence-electron chi connectivity index (χ2n) is 4.71. The molecule has 1 heterocycles. The first-order valence-electron chi connectivity index (χ1n) is 6.71. The molecule has 1 aromatic heterocycles. The molecule has 0 atom stereocenters. The Morgan fingerprint density at radius 3 is 2.84 bits per heavy atom. The number of aromatic nitrogens is 1. The zero-order valence-electron chi connectivity index (χ0n) is 10.9. The van der Waals surface area contributed by atoms with Gasteiger partial charge in [0.25, 0.3) is 0 Å². The van der Waals surface area contributed by atoms with E-state index >= 15 is 0 Å². The van der Waals surface area contributed by atoms with E-state index in [4.69, 9.17) is 16.8 Å². The van der Waals surface area contributed by atoms with E-state index in [9.17, 15) is 0 Å². The third kappa shape index (κ3) is 4.00. The predicted octanol–water partition coefficient (Wildman–Crippen LogP) is 4.71. The van der Waals surface area contributed by atoms with E-state index in [1.54, 1.807) is 6.21 Å². The molecule has 2 aromatic rings. The average molecular weight is 279 g/mol. The summed E-state index contributed by atoms with van der Waals surface area (Å²) in [6.07, 6.45) is 9.18. The third-order valence-electron chi connectivity index (χ3n) is 3.30. The van der Waals surface area contributed by atoms with Crippen LogP contribution in [0.15, 0.2) is 35.6 Å². The summed E-state index contributed by atoms with van der Waals surface area (Å²) in [5.74, 6) is 0. The number of hydrogen-bond donors (Lipinski definition) is 1. The van der Waals surface area contributed by atoms with E-state index in [0.29, 0.717) is 0 Å². The van der Waals surface area contributed by atoms with Crippen LogP contribution in [0, 0.1) is 0 Å². The minimum Gasteiger partial charge on any atom is -0.411 e. The zero-order valence-corrected chi connectivity index (χ0v) is 11.7. The summed E-state index contributed by atoms with van der Waals surface area (Å²) in [5, 5.41) is 13.3. The summed E-state index contributed by atoms with van der Waals surface area (Å²) in [4.78, 5) is 0. The van der Waals surface area contributed by atoms with Gasteiger partial charge in [-0.15, -0.1) is 5.16 Å². The van der Waals surface area contributed by atoms with E-state index in [1.165, 1.54) is 30.2 Å². The molecule has 4 heteroatoms. The van der Waals surface area contributed by atoms with Crippen LogP contribution in [0.1, 0.15) is 32.1 Å². The molecule has 2 rings (SSSR count). The van der Waals surface area contributed by atoms with Crippen molar-refractivity contribution in [2.75, 3.05) is 0 Å². The minimum absolute atomic E-state index is 0.788. The lowest BCUT2D eigenvalue weighted by atomic mass is 10.1. The van der Waals surface area contributed by atoms with E-state index in [1.807, 2.05) is 12.1 Å². The SMILES string of the molecule is O/N=C/CCCCCCn1ccc2cc(Cl)ccc21. The molecule has 0 radical (unpaired) electrons. The number of unbranched alkanes of at least 4 members (excludes halogenated alkanes) is 4. The number of rotatable bonds is 7. The Hall–Kier alpha value is -1.48. The number of halogens is 1. The van der Waals surface area contributed by atoms with E-state index in [-0.39, 0.29) is 0 Å². The standard InChI is InChI=1S/C15H19ClN2O/c16-14-6-7-15-13(12-14)8-11-18(15)10-5-3-1-2-4-9-17-19/h6-9,11-12,19H,1-5,10H2/b17-9+. The number of hydrogen-bond acceptors (Lipinski definition) is 2. The normalized spacial score (nSPS) is 11.6. The third-order valence-corrected chi connectivity index (χ3v) is 3.53. The quantitative estimate of drug-likeness (QED) is 0.339. The van der Waals surface area contributed by atoms with Crippen LogP contribution >= 0.6 is 11.6 Å². The minimum atomic E-state index is 0.788. The molecule has 0 aliphatic rings. The highest BCUT2D eigenvalue weighted by Crippen LogP contribution is 2.21. The van der Waals surface area contributed by atoms with Crippen LogP contribution in [-0.4, -0.2) is 16.0 Å². The number of nitrogens with zero attached hydrogens (tertiary/aromatic N) is 2. The van der Waals surface area contributed by atoms with Crippen molar-refractivity contribution in [3.8, 4) is 0 Å². The number of fused-ring (bicyclic) bond motifs is 1. The van der Waals surface area contributed by atoms with Gasteiger partial charge in [-0.05, 0) is 43.5 Å². The topological polar surface area (TPSA) is 37.5 Å². The van der Waals surface area contributed by atoms with Crippen molar-refractivity contribution in [2.45, 2.75) is 38.6 Å². The summed E-state index contributed by atoms with van der Waals surface area (Å²) in [6, 6.07) is 8.13. The monoisotopic (exact) mass is 278 g/mol. The van der Waals surface area contributed by atoms with Gasteiger partial charge in [0.15, 0.2) is 0 Å². The maximum Gasteiger partial charge on any atom is 0.0481 e. The molecule has 0 amide bonds. The van der Waals surface area contributed by atoms with Crippen molar-refractivity contribution in [3.05, 3.63) is 35.5 Å². The second-order valence-corrected chi connectivity index (χ2v) is 5.15. The lowest BCUT2D eigenvalue weighted by Gasteiger charge is -2.05. The highest BCUT2D eigenvalue weighted by Gasteiger charge is 2.01. The van der Waals surface area contributed by atoms with Crippen molar-refractivity contribution < 1.29 is 5.21 Å². The van der Waals surface area contributed by atoms with Gasteiger partial charge < -0.3 is 9.77 Å². The number of aryl methyl sites for hydroxylation is 1. The summed E-state index contributed by atoms with van der Waals surface area (Å²) >= 11 is 5.98. The van der Waals surface area contributed by atoms with Gasteiger partial charge in [0, 0.05) is 34.9 Å². The Morgan fingerprint density at radius 2 is 2.00 bits per heavy atom. The Balaban J connectivity index is 1.79. The fraction of sp³-hybridized carbons (Fsp3) is 0.400. The number of benzene rings is 1. The van der Waals surface area contributed by atoms with Gasteiger partial charge in [-0.3, -0.25) is 0 Å². The van der Waals surface area contributed by atoms with Crippen LogP contribution in [0.2, 0.25) is 5.02 Å². The summed E-state index contributed by atoms with van der Waals surface area (Å²) < 4.78 is 2.28. The van der Waals surface area contributed by atoms with E-state index in [0.717, 1.165) is 24.4 Å². The maximum atomic E-state index is 8.27. The van der Waals surface area contributed by atoms with Gasteiger partial charge >= 0.3 is 0 Å². The van der Waals surface area contributed by atoms with Gasteiger partial charge in [-0.1, -0.05) is 24.4 Å². The highest BCUT2D eigenvalue weighted by molar-refractivity contribution is 6.31. The van der Waals surface area contributed by atoms with Crippen molar-refractivity contribution in [1.29, 1.82) is 0 Å². The smallest absolute Gasteiger partial charge is 0.0481 e. The lowest BCUT2D eigenvalue weighted by Crippen LogP contribution is -1.95. The number of oxime groups is 1. The molecule has 0 saturated heterocycles. The highest BCUT2D eigenvalue weighted by atomic mass is 35.5. The molecule has 19 heavy (non-hydrogen) atoms. The Morgan fingerprint density at radius 1 is 1.16 bits per heavy atom. The average Bonchev–Trinajstić information content (AvgIpc) is 2.80. The van der Waals surface area contributed by atoms with E-state index < -0.39 is 0 Å². The van der Waals surface area contributed by atoms with Gasteiger partial charge in [-0.25, -0.2) is 0 Å². The van der Waals surface area contributed by atoms with Gasteiger partial charge in [0.1, 0.15) is 0 Å². The van der Waals surface area contributed by atoms with Crippen LogP contribution in [0.3, 0.4) is 0 Å². The molecule has 1 N–H and O–H groups in total. The molecule has 0 bridgehead atoms. The molecule has 0 spiro atoms. The summed E-state index contributed by atoms with van der Waals surface area (Å²) in [5.41, 5.74) is 1.25. The van der Waals surface area contributed by atoms with Gasteiger partial charge in [0.2, 0.25) is 0 Å². The van der Waals surface area contributed by atoms with Crippen molar-refractivity contribution in [2.24, 2.45) is 5.16 Å². The Labute approximate surface area is 118 Å². The molecule has 0 aliphatic carbocycles. The zero-order chi connectivity index (χ0) is 13.5. The molecule has 0 aliphatic heterocycles. The maximum absolute atomic E-state index is 8.27. The van der Waals surface area contributed by atoms with Crippen molar-refractivity contribution in [1.82, 2.24) is 4.57 Å². The van der Waals surface area contributed by atoms with E-state index in [2.05, 4.69) is 28.1 Å². The molecule has 102 valence electrons. The first-order valence-corrected chi connectivity index (χ1v) is 7.09.